The summed E-state index contributed by atoms with van der Waals surface area (Å²) in [6.45, 7) is 4.16. The molecule has 0 saturated carbocycles. The van der Waals surface area contributed by atoms with Gasteiger partial charge in [-0.1, -0.05) is 12.1 Å². The highest BCUT2D eigenvalue weighted by Crippen LogP contribution is 2.23. The molecule has 0 radical (unpaired) electrons. The van der Waals surface area contributed by atoms with Crippen molar-refractivity contribution in [3.63, 3.8) is 0 Å². The van der Waals surface area contributed by atoms with Gasteiger partial charge in [-0.15, -0.1) is 0 Å². The van der Waals surface area contributed by atoms with Gasteiger partial charge in [0.2, 0.25) is 5.91 Å². The lowest BCUT2D eigenvalue weighted by Gasteiger charge is -2.39. The van der Waals surface area contributed by atoms with Crippen molar-refractivity contribution in [2.45, 2.75) is 25.4 Å². The maximum atomic E-state index is 12.1. The Morgan fingerprint density at radius 1 is 1.50 bits per heavy atom. The average molecular weight is 277 g/mol. The van der Waals surface area contributed by atoms with E-state index in [-0.39, 0.29) is 11.5 Å². The summed E-state index contributed by atoms with van der Waals surface area (Å²) in [6, 6.07) is 7.29. The van der Waals surface area contributed by atoms with Crippen molar-refractivity contribution in [2.24, 2.45) is 0 Å². The van der Waals surface area contributed by atoms with Gasteiger partial charge in [-0.25, -0.2) is 0 Å². The van der Waals surface area contributed by atoms with E-state index < -0.39 is 0 Å². The van der Waals surface area contributed by atoms with Gasteiger partial charge in [0.05, 0.1) is 23.5 Å². The number of anilines is 2. The van der Waals surface area contributed by atoms with Crippen LogP contribution in [0.4, 0.5) is 11.4 Å². The number of nitrogens with one attached hydrogen (secondary N) is 1. The van der Waals surface area contributed by atoms with E-state index in [4.69, 9.17) is 10.5 Å². The molecule has 5 heteroatoms. The molecule has 1 aromatic rings. The molecular weight excluding hydrogens is 254 g/mol. The number of methoxy groups -OCH3 is 1. The predicted molar refractivity (Wildman–Crippen MR) is 80.6 cm³/mol. The number of hydrogen-bond acceptors (Lipinski definition) is 4. The Balaban J connectivity index is 1.90. The molecule has 5 nitrogen and oxygen atoms in total. The van der Waals surface area contributed by atoms with Gasteiger partial charge in [0.25, 0.3) is 0 Å². The summed E-state index contributed by atoms with van der Waals surface area (Å²) in [5.41, 5.74) is 6.92. The lowest BCUT2D eigenvalue weighted by atomic mass is 9.95. The van der Waals surface area contributed by atoms with Gasteiger partial charge in [-0.2, -0.15) is 0 Å². The van der Waals surface area contributed by atoms with Gasteiger partial charge in [0.15, 0.2) is 0 Å². The first-order valence-corrected chi connectivity index (χ1v) is 6.94. The molecule has 1 fully saturated rings. The Morgan fingerprint density at radius 2 is 2.25 bits per heavy atom. The Hall–Kier alpha value is -1.59. The summed E-state index contributed by atoms with van der Waals surface area (Å²) < 4.78 is 5.53. The largest absolute Gasteiger partial charge is 0.397 e. The summed E-state index contributed by atoms with van der Waals surface area (Å²) in [5, 5.41) is 2.86. The molecule has 0 spiro atoms. The summed E-state index contributed by atoms with van der Waals surface area (Å²) in [7, 11) is 1.73. The molecule has 3 N–H and O–H groups in total. The topological polar surface area (TPSA) is 67.6 Å². The molecule has 1 unspecified atom stereocenters. The normalized spacial score (nSPS) is 23.5. The lowest BCUT2D eigenvalue weighted by Crippen LogP contribution is -2.49. The van der Waals surface area contributed by atoms with Gasteiger partial charge >= 0.3 is 0 Å². The number of hydrogen-bond donors (Lipinski definition) is 2. The Labute approximate surface area is 120 Å². The smallest absolute Gasteiger partial charge is 0.238 e. The maximum absolute atomic E-state index is 12.1. The van der Waals surface area contributed by atoms with E-state index in [1.54, 1.807) is 13.2 Å². The first kappa shape index (κ1) is 14.8. The Morgan fingerprint density at radius 3 is 2.95 bits per heavy atom. The molecule has 1 atom stereocenters. The number of nitrogens with two attached hydrogens (primary N) is 1. The summed E-state index contributed by atoms with van der Waals surface area (Å²) >= 11 is 0. The first-order chi connectivity index (χ1) is 9.52. The number of nitrogens with zero attached hydrogens (tertiary/aromatic N) is 1. The second-order valence-corrected chi connectivity index (χ2v) is 5.60. The zero-order valence-corrected chi connectivity index (χ0v) is 12.2. The molecule has 1 amide bonds. The minimum atomic E-state index is -0.149. The number of carbonyl (C=O) groups excluding carboxylic acids is 1. The molecule has 1 aliphatic heterocycles. The third-order valence-electron chi connectivity index (χ3n) is 3.83. The first-order valence-electron chi connectivity index (χ1n) is 6.94. The fourth-order valence-corrected chi connectivity index (χ4v) is 2.61. The van der Waals surface area contributed by atoms with Crippen LogP contribution in [0.15, 0.2) is 24.3 Å². The monoisotopic (exact) mass is 277 g/mol. The molecule has 110 valence electrons. The molecule has 20 heavy (non-hydrogen) atoms. The summed E-state index contributed by atoms with van der Waals surface area (Å²) in [4.78, 5) is 14.2. The molecule has 1 saturated heterocycles. The minimum Gasteiger partial charge on any atom is -0.397 e. The number of ether oxygens (including phenoxy) is 1. The minimum absolute atomic E-state index is 0.0387. The number of benzene rings is 1. The number of carbonyl (C=O) groups is 1. The SMILES string of the molecule is COC1(C)CCCN(CC(=O)Nc2ccccc2N)C1. The quantitative estimate of drug-likeness (QED) is 0.822. The van der Waals surface area contributed by atoms with Crippen LogP contribution >= 0.6 is 0 Å². The van der Waals surface area contributed by atoms with E-state index in [1.807, 2.05) is 18.2 Å². The van der Waals surface area contributed by atoms with Crippen molar-refractivity contribution < 1.29 is 9.53 Å². The van der Waals surface area contributed by atoms with Crippen LogP contribution in [0, 0.1) is 0 Å². The van der Waals surface area contributed by atoms with Gasteiger partial charge in [-0.05, 0) is 38.4 Å². The van der Waals surface area contributed by atoms with Crippen LogP contribution in [0.1, 0.15) is 19.8 Å². The van der Waals surface area contributed by atoms with Crippen LogP contribution < -0.4 is 11.1 Å². The van der Waals surface area contributed by atoms with Crippen LogP contribution in [-0.4, -0.2) is 43.2 Å². The highest BCUT2D eigenvalue weighted by atomic mass is 16.5. The molecular formula is C15H23N3O2. The number of nitrogen functional groups attached to an aromatic ring is 1. The zero-order chi connectivity index (χ0) is 14.6. The molecule has 1 heterocycles. The van der Waals surface area contributed by atoms with E-state index in [9.17, 15) is 4.79 Å². The number of para-hydroxylation sites is 2. The molecule has 0 aromatic heterocycles. The second kappa shape index (κ2) is 6.24. The zero-order valence-electron chi connectivity index (χ0n) is 12.2. The van der Waals surface area contributed by atoms with Crippen molar-refractivity contribution in [2.75, 3.05) is 37.8 Å². The van der Waals surface area contributed by atoms with Crippen molar-refractivity contribution in [1.29, 1.82) is 0 Å². The summed E-state index contributed by atoms with van der Waals surface area (Å²) in [6.07, 6.45) is 2.08. The van der Waals surface area contributed by atoms with Crippen LogP contribution in [0.2, 0.25) is 0 Å². The fourth-order valence-electron chi connectivity index (χ4n) is 2.61. The third-order valence-corrected chi connectivity index (χ3v) is 3.83. The number of likely N-dealkylation sites (tertiary alicyclic amines) is 1. The standard InChI is InChI=1S/C15H23N3O2/c1-15(20-2)8-5-9-18(11-15)10-14(19)17-13-7-4-3-6-12(13)16/h3-4,6-7H,5,8-11,16H2,1-2H3,(H,17,19). The highest BCUT2D eigenvalue weighted by Gasteiger charge is 2.31. The molecule has 1 aromatic carbocycles. The average Bonchev–Trinajstić information content (AvgIpc) is 2.41. The van der Waals surface area contributed by atoms with Crippen LogP contribution in [0.25, 0.3) is 0 Å². The van der Waals surface area contributed by atoms with Crippen molar-refractivity contribution in [1.82, 2.24) is 4.90 Å². The molecule has 2 rings (SSSR count). The van der Waals surface area contributed by atoms with Crippen molar-refractivity contribution in [3.05, 3.63) is 24.3 Å². The molecule has 0 bridgehead atoms. The van der Waals surface area contributed by atoms with Gasteiger partial charge in [0.1, 0.15) is 0 Å². The van der Waals surface area contributed by atoms with Gasteiger partial charge in [-0.3, -0.25) is 9.69 Å². The predicted octanol–water partition coefficient (Wildman–Crippen LogP) is 1.71. The van der Waals surface area contributed by atoms with E-state index in [2.05, 4.69) is 17.1 Å². The van der Waals surface area contributed by atoms with E-state index in [0.717, 1.165) is 25.9 Å². The van der Waals surface area contributed by atoms with Crippen LogP contribution in [-0.2, 0) is 9.53 Å². The maximum Gasteiger partial charge on any atom is 0.238 e. The second-order valence-electron chi connectivity index (χ2n) is 5.60. The van der Waals surface area contributed by atoms with E-state index in [0.29, 0.717) is 17.9 Å². The lowest BCUT2D eigenvalue weighted by molar-refractivity contribution is -0.119. The summed E-state index contributed by atoms with van der Waals surface area (Å²) in [5.74, 6) is -0.0387. The van der Waals surface area contributed by atoms with E-state index >= 15 is 0 Å². The molecule has 1 aliphatic rings. The van der Waals surface area contributed by atoms with E-state index in [1.165, 1.54) is 0 Å². The van der Waals surface area contributed by atoms with Gasteiger partial charge < -0.3 is 15.8 Å². The van der Waals surface area contributed by atoms with Gasteiger partial charge in [0, 0.05) is 13.7 Å². The molecule has 0 aliphatic carbocycles. The van der Waals surface area contributed by atoms with Crippen molar-refractivity contribution >= 4 is 17.3 Å². The third kappa shape index (κ3) is 3.71. The van der Waals surface area contributed by atoms with Crippen LogP contribution in [0.3, 0.4) is 0 Å². The Bertz CT molecular complexity index is 478. The fraction of sp³-hybridized carbons (Fsp3) is 0.533. The number of rotatable bonds is 4. The number of piperidine rings is 1. The Kier molecular flexibility index (Phi) is 4.62. The highest BCUT2D eigenvalue weighted by molar-refractivity contribution is 5.95. The number of amides is 1. The van der Waals surface area contributed by atoms with Crippen molar-refractivity contribution in [3.8, 4) is 0 Å². The van der Waals surface area contributed by atoms with Crippen LogP contribution in [0.5, 0.6) is 0 Å².